The van der Waals surface area contributed by atoms with E-state index in [2.05, 4.69) is 32.8 Å². The van der Waals surface area contributed by atoms with Crippen LogP contribution in [0.4, 0.5) is 10.8 Å². The van der Waals surface area contributed by atoms with Crippen LogP contribution in [0, 0.1) is 0 Å². The maximum absolute atomic E-state index is 13.2. The average molecular weight is 469 g/mol. The first kappa shape index (κ1) is 21.1. The summed E-state index contributed by atoms with van der Waals surface area (Å²) in [6.45, 7) is 2.66. The SMILES string of the molecule is O=C(CN1CCc2ccccc2C1)N1CCCc2cc(S(=O)(=O)Nc3nccs3)ccc21. The number of hydrogen-bond donors (Lipinski definition) is 1. The molecule has 0 bridgehead atoms. The van der Waals surface area contributed by atoms with Gasteiger partial charge in [0.15, 0.2) is 5.13 Å². The Morgan fingerprint density at radius 3 is 2.72 bits per heavy atom. The van der Waals surface area contributed by atoms with Crippen LogP contribution >= 0.6 is 11.3 Å². The van der Waals surface area contributed by atoms with Gasteiger partial charge in [-0.3, -0.25) is 14.4 Å². The summed E-state index contributed by atoms with van der Waals surface area (Å²) in [5.41, 5.74) is 4.34. The molecule has 1 aromatic heterocycles. The van der Waals surface area contributed by atoms with Gasteiger partial charge in [-0.1, -0.05) is 24.3 Å². The third-order valence-corrected chi connectivity index (χ3v) is 8.16. The number of benzene rings is 2. The van der Waals surface area contributed by atoms with E-state index in [1.165, 1.54) is 22.5 Å². The van der Waals surface area contributed by atoms with Gasteiger partial charge in [0.2, 0.25) is 5.91 Å². The lowest BCUT2D eigenvalue weighted by molar-refractivity contribution is -0.120. The summed E-state index contributed by atoms with van der Waals surface area (Å²) in [6.07, 6.45) is 4.06. The number of aromatic nitrogens is 1. The molecule has 3 aromatic rings. The number of nitrogens with one attached hydrogen (secondary N) is 1. The van der Waals surface area contributed by atoms with Crippen LogP contribution in [0.3, 0.4) is 0 Å². The summed E-state index contributed by atoms with van der Waals surface area (Å²) in [6, 6.07) is 13.4. The molecule has 0 atom stereocenters. The molecule has 0 fully saturated rings. The molecule has 0 unspecified atom stereocenters. The van der Waals surface area contributed by atoms with Crippen LogP contribution < -0.4 is 9.62 Å². The monoisotopic (exact) mass is 468 g/mol. The highest BCUT2D eigenvalue weighted by Gasteiger charge is 2.27. The molecular formula is C23H24N4O3S2. The van der Waals surface area contributed by atoms with Gasteiger partial charge in [-0.2, -0.15) is 0 Å². The predicted octanol–water partition coefficient (Wildman–Crippen LogP) is 3.28. The van der Waals surface area contributed by atoms with E-state index >= 15 is 0 Å². The van der Waals surface area contributed by atoms with Gasteiger partial charge in [-0.15, -0.1) is 11.3 Å². The molecule has 3 heterocycles. The van der Waals surface area contributed by atoms with E-state index in [4.69, 9.17) is 0 Å². The fourth-order valence-electron chi connectivity index (χ4n) is 4.41. The molecule has 7 nitrogen and oxygen atoms in total. The molecule has 1 amide bonds. The van der Waals surface area contributed by atoms with E-state index in [0.717, 1.165) is 43.6 Å². The Labute approximate surface area is 191 Å². The summed E-state index contributed by atoms with van der Waals surface area (Å²) in [5.74, 6) is 0.0573. The van der Waals surface area contributed by atoms with Crippen LogP contribution in [0.25, 0.3) is 0 Å². The first-order valence-corrected chi connectivity index (χ1v) is 13.0. The van der Waals surface area contributed by atoms with E-state index in [9.17, 15) is 13.2 Å². The third-order valence-electron chi connectivity index (χ3n) is 6.00. The fourth-order valence-corrected chi connectivity index (χ4v) is 6.25. The molecule has 2 aromatic carbocycles. The van der Waals surface area contributed by atoms with Gasteiger partial charge < -0.3 is 4.90 Å². The number of nitrogens with zero attached hydrogens (tertiary/aromatic N) is 3. The van der Waals surface area contributed by atoms with Crippen molar-refractivity contribution in [3.63, 3.8) is 0 Å². The number of rotatable bonds is 5. The van der Waals surface area contributed by atoms with Gasteiger partial charge in [-0.05, 0) is 54.2 Å². The number of aryl methyl sites for hydroxylation is 1. The smallest absolute Gasteiger partial charge is 0.263 e. The minimum Gasteiger partial charge on any atom is -0.311 e. The van der Waals surface area contributed by atoms with E-state index in [0.29, 0.717) is 18.2 Å². The number of fused-ring (bicyclic) bond motifs is 2. The highest BCUT2D eigenvalue weighted by molar-refractivity contribution is 7.93. The third kappa shape index (κ3) is 4.28. The van der Waals surface area contributed by atoms with Crippen LogP contribution in [0.15, 0.2) is 58.9 Å². The topological polar surface area (TPSA) is 82.6 Å². The Balaban J connectivity index is 1.32. The largest absolute Gasteiger partial charge is 0.311 e. The van der Waals surface area contributed by atoms with E-state index < -0.39 is 10.0 Å². The second kappa shape index (κ2) is 8.65. The molecular weight excluding hydrogens is 444 g/mol. The van der Waals surface area contributed by atoms with Gasteiger partial charge in [-0.25, -0.2) is 13.4 Å². The number of carbonyl (C=O) groups excluding carboxylic acids is 1. The van der Waals surface area contributed by atoms with Crippen LogP contribution in [0.5, 0.6) is 0 Å². The van der Waals surface area contributed by atoms with Crippen LogP contribution in [-0.2, 0) is 34.2 Å². The molecule has 0 aliphatic carbocycles. The van der Waals surface area contributed by atoms with Gasteiger partial charge in [0.1, 0.15) is 0 Å². The quantitative estimate of drug-likeness (QED) is 0.621. The van der Waals surface area contributed by atoms with E-state index in [-0.39, 0.29) is 10.8 Å². The van der Waals surface area contributed by atoms with Crippen molar-refractivity contribution in [3.05, 3.63) is 70.7 Å². The van der Waals surface area contributed by atoms with Gasteiger partial charge >= 0.3 is 0 Å². The molecule has 9 heteroatoms. The molecule has 0 saturated carbocycles. The van der Waals surface area contributed by atoms with Crippen molar-refractivity contribution in [1.29, 1.82) is 0 Å². The standard InChI is InChI=1S/C23H24N4O3S2/c28-22(16-26-12-9-17-4-1-2-5-19(17)15-26)27-11-3-6-18-14-20(7-8-21(18)27)32(29,30)25-23-24-10-13-31-23/h1-2,4-5,7-8,10,13-14H,3,6,9,11-12,15-16H2,(H,24,25). The van der Waals surface area contributed by atoms with Crippen molar-refractivity contribution < 1.29 is 13.2 Å². The number of anilines is 2. The summed E-state index contributed by atoms with van der Waals surface area (Å²) in [5, 5.41) is 2.05. The molecule has 166 valence electrons. The Hall–Kier alpha value is -2.75. The number of hydrogen-bond acceptors (Lipinski definition) is 6. The lowest BCUT2D eigenvalue weighted by Gasteiger charge is -2.33. The highest BCUT2D eigenvalue weighted by atomic mass is 32.2. The number of carbonyl (C=O) groups is 1. The van der Waals surface area contributed by atoms with E-state index in [1.54, 1.807) is 29.8 Å². The molecule has 0 spiro atoms. The van der Waals surface area contributed by atoms with Crippen molar-refractivity contribution in [2.24, 2.45) is 0 Å². The Kier molecular flexibility index (Phi) is 5.71. The van der Waals surface area contributed by atoms with Crippen molar-refractivity contribution >= 4 is 38.1 Å². The zero-order valence-corrected chi connectivity index (χ0v) is 19.2. The summed E-state index contributed by atoms with van der Waals surface area (Å²) in [4.78, 5) is 21.4. The summed E-state index contributed by atoms with van der Waals surface area (Å²) in [7, 11) is -3.72. The lowest BCUT2D eigenvalue weighted by atomic mass is 9.99. The molecule has 1 N–H and O–H groups in total. The minimum absolute atomic E-state index is 0.0573. The zero-order chi connectivity index (χ0) is 22.1. The number of amides is 1. The minimum atomic E-state index is -3.72. The van der Waals surface area contributed by atoms with Crippen molar-refractivity contribution in [1.82, 2.24) is 9.88 Å². The highest BCUT2D eigenvalue weighted by Crippen LogP contribution is 2.31. The summed E-state index contributed by atoms with van der Waals surface area (Å²) < 4.78 is 28.0. The molecule has 0 radical (unpaired) electrons. The van der Waals surface area contributed by atoms with Gasteiger partial charge in [0.25, 0.3) is 10.0 Å². The van der Waals surface area contributed by atoms with Gasteiger partial charge in [0.05, 0.1) is 11.4 Å². The molecule has 2 aliphatic heterocycles. The molecule has 5 rings (SSSR count). The predicted molar refractivity (Wildman–Crippen MR) is 125 cm³/mol. The second-order valence-corrected chi connectivity index (χ2v) is 10.7. The molecule has 32 heavy (non-hydrogen) atoms. The Bertz CT molecular complexity index is 1240. The Morgan fingerprint density at radius 1 is 1.06 bits per heavy atom. The first-order chi connectivity index (χ1) is 15.5. The molecule has 2 aliphatic rings. The fraction of sp³-hybridized carbons (Fsp3) is 0.304. The van der Waals surface area contributed by atoms with Gasteiger partial charge in [0, 0.05) is 36.9 Å². The average Bonchev–Trinajstić information content (AvgIpc) is 3.30. The van der Waals surface area contributed by atoms with Crippen LogP contribution in [0.2, 0.25) is 0 Å². The number of sulfonamides is 1. The normalized spacial score (nSPS) is 16.3. The van der Waals surface area contributed by atoms with Crippen LogP contribution in [-0.4, -0.2) is 43.8 Å². The maximum Gasteiger partial charge on any atom is 0.263 e. The maximum atomic E-state index is 13.2. The van der Waals surface area contributed by atoms with E-state index in [1.807, 2.05) is 11.0 Å². The number of thiazole rings is 1. The molecule has 0 saturated heterocycles. The second-order valence-electron chi connectivity index (χ2n) is 8.11. The Morgan fingerprint density at radius 2 is 1.91 bits per heavy atom. The van der Waals surface area contributed by atoms with Crippen molar-refractivity contribution in [2.45, 2.75) is 30.7 Å². The first-order valence-electron chi connectivity index (χ1n) is 10.6. The summed E-state index contributed by atoms with van der Waals surface area (Å²) >= 11 is 1.23. The van der Waals surface area contributed by atoms with Crippen molar-refractivity contribution in [3.8, 4) is 0 Å². The van der Waals surface area contributed by atoms with Crippen LogP contribution in [0.1, 0.15) is 23.1 Å². The lowest BCUT2D eigenvalue weighted by Crippen LogP contribution is -2.44. The zero-order valence-electron chi connectivity index (χ0n) is 17.5. The van der Waals surface area contributed by atoms with Crippen molar-refractivity contribution in [2.75, 3.05) is 29.3 Å².